The Kier molecular flexibility index (Phi) is 3.23. The minimum absolute atomic E-state index is 0.517. The monoisotopic (exact) mass is 287 g/mol. The van der Waals surface area contributed by atoms with Gasteiger partial charge < -0.3 is 10.5 Å². The average molecular weight is 287 g/mol. The molecule has 0 aliphatic rings. The highest BCUT2D eigenvalue weighted by Gasteiger charge is 2.26. The molecule has 5 heteroatoms. The molecule has 0 aliphatic heterocycles. The number of rotatable bonds is 4. The van der Waals surface area contributed by atoms with Crippen LogP contribution < -0.4 is 10.5 Å². The fourth-order valence-electron chi connectivity index (χ4n) is 2.45. The number of benzene rings is 1. The third-order valence-corrected chi connectivity index (χ3v) is 4.18. The number of imidazole rings is 1. The third kappa shape index (κ3) is 2.30. The smallest absolute Gasteiger partial charge is 0.193 e. The van der Waals surface area contributed by atoms with E-state index < -0.39 is 5.54 Å². The predicted octanol–water partition coefficient (Wildman–Crippen LogP) is 2.82. The summed E-state index contributed by atoms with van der Waals surface area (Å²) in [5.74, 6) is 0.818. The number of nitrogens with two attached hydrogens (primary N) is 1. The van der Waals surface area contributed by atoms with Crippen LogP contribution in [0, 0.1) is 0 Å². The molecule has 1 aromatic carbocycles. The fraction of sp³-hybridized carbons (Fsp3) is 0.267. The quantitative estimate of drug-likeness (QED) is 0.803. The van der Waals surface area contributed by atoms with Crippen molar-refractivity contribution in [1.82, 2.24) is 9.38 Å². The Morgan fingerprint density at radius 2 is 2.20 bits per heavy atom. The molecular weight excluding hydrogens is 270 g/mol. The standard InChI is InChI=1S/C15H17N3OS/c1-15(16,12-5-3-4-6-13(12)19-2)9-11-10-18-7-8-20-14(18)17-11/h3-8,10H,9,16H2,1-2H3. The van der Waals surface area contributed by atoms with Crippen molar-refractivity contribution in [2.24, 2.45) is 5.73 Å². The summed E-state index contributed by atoms with van der Waals surface area (Å²) < 4.78 is 7.44. The molecule has 0 radical (unpaired) electrons. The normalized spacial score (nSPS) is 14.3. The zero-order valence-corrected chi connectivity index (χ0v) is 12.4. The van der Waals surface area contributed by atoms with Gasteiger partial charge in [0.25, 0.3) is 0 Å². The molecule has 2 aromatic heterocycles. The van der Waals surface area contributed by atoms with Crippen LogP contribution in [0.3, 0.4) is 0 Å². The number of methoxy groups -OCH3 is 1. The Morgan fingerprint density at radius 3 is 2.95 bits per heavy atom. The van der Waals surface area contributed by atoms with Gasteiger partial charge in [0.1, 0.15) is 5.75 Å². The van der Waals surface area contributed by atoms with E-state index in [1.54, 1.807) is 18.4 Å². The van der Waals surface area contributed by atoms with Gasteiger partial charge in [0.2, 0.25) is 0 Å². The summed E-state index contributed by atoms with van der Waals surface area (Å²) in [6.45, 7) is 2.01. The van der Waals surface area contributed by atoms with Gasteiger partial charge in [-0.25, -0.2) is 4.98 Å². The summed E-state index contributed by atoms with van der Waals surface area (Å²) >= 11 is 1.62. The van der Waals surface area contributed by atoms with Crippen LogP contribution in [-0.4, -0.2) is 16.5 Å². The summed E-state index contributed by atoms with van der Waals surface area (Å²) in [5, 5.41) is 2.02. The minimum Gasteiger partial charge on any atom is -0.496 e. The summed E-state index contributed by atoms with van der Waals surface area (Å²) in [6.07, 6.45) is 4.71. The van der Waals surface area contributed by atoms with Crippen molar-refractivity contribution >= 4 is 16.3 Å². The molecule has 0 saturated heterocycles. The van der Waals surface area contributed by atoms with Crippen molar-refractivity contribution in [2.75, 3.05) is 7.11 Å². The highest BCUT2D eigenvalue weighted by Crippen LogP contribution is 2.30. The number of aromatic nitrogens is 2. The molecule has 1 atom stereocenters. The topological polar surface area (TPSA) is 52.5 Å². The molecule has 0 spiro atoms. The van der Waals surface area contributed by atoms with Crippen LogP contribution >= 0.6 is 11.3 Å². The van der Waals surface area contributed by atoms with E-state index in [2.05, 4.69) is 4.98 Å². The summed E-state index contributed by atoms with van der Waals surface area (Å²) in [4.78, 5) is 5.60. The molecule has 20 heavy (non-hydrogen) atoms. The molecule has 0 fully saturated rings. The Labute approximate surface area is 121 Å². The first-order valence-electron chi connectivity index (χ1n) is 6.43. The highest BCUT2D eigenvalue weighted by molar-refractivity contribution is 7.15. The van der Waals surface area contributed by atoms with Crippen LogP contribution in [0.15, 0.2) is 42.0 Å². The maximum absolute atomic E-state index is 6.51. The van der Waals surface area contributed by atoms with Gasteiger partial charge in [-0.1, -0.05) is 18.2 Å². The number of thiazole rings is 1. The second-order valence-corrected chi connectivity index (χ2v) is 5.99. The molecule has 0 bridgehead atoms. The number of hydrogen-bond donors (Lipinski definition) is 1. The third-order valence-electron chi connectivity index (χ3n) is 3.41. The van der Waals surface area contributed by atoms with E-state index in [1.807, 2.05) is 53.4 Å². The van der Waals surface area contributed by atoms with Crippen LogP contribution in [0.25, 0.3) is 4.96 Å². The number of para-hydroxylation sites is 1. The average Bonchev–Trinajstić information content (AvgIpc) is 2.99. The summed E-state index contributed by atoms with van der Waals surface area (Å²) in [5.41, 5.74) is 7.99. The van der Waals surface area contributed by atoms with Gasteiger partial charge in [0, 0.05) is 35.3 Å². The molecular formula is C15H17N3OS. The van der Waals surface area contributed by atoms with Crippen molar-refractivity contribution in [2.45, 2.75) is 18.9 Å². The van der Waals surface area contributed by atoms with Crippen LogP contribution in [0.5, 0.6) is 5.75 Å². The van der Waals surface area contributed by atoms with Crippen molar-refractivity contribution in [1.29, 1.82) is 0 Å². The van der Waals surface area contributed by atoms with Gasteiger partial charge in [-0.3, -0.25) is 4.40 Å². The molecule has 2 N–H and O–H groups in total. The lowest BCUT2D eigenvalue weighted by atomic mass is 9.88. The maximum Gasteiger partial charge on any atom is 0.193 e. The van der Waals surface area contributed by atoms with Crippen molar-refractivity contribution in [3.63, 3.8) is 0 Å². The highest BCUT2D eigenvalue weighted by atomic mass is 32.1. The van der Waals surface area contributed by atoms with Crippen molar-refractivity contribution in [3.8, 4) is 5.75 Å². The maximum atomic E-state index is 6.51. The Bertz CT molecular complexity index is 701. The molecule has 3 rings (SSSR count). The second-order valence-electron chi connectivity index (χ2n) is 5.12. The first-order chi connectivity index (χ1) is 9.60. The fourth-order valence-corrected chi connectivity index (χ4v) is 3.17. The van der Waals surface area contributed by atoms with E-state index in [4.69, 9.17) is 10.5 Å². The molecule has 0 amide bonds. The molecule has 0 aliphatic carbocycles. The van der Waals surface area contributed by atoms with Gasteiger partial charge >= 0.3 is 0 Å². The lowest BCUT2D eigenvalue weighted by molar-refractivity contribution is 0.385. The van der Waals surface area contributed by atoms with Crippen LogP contribution in [0.2, 0.25) is 0 Å². The molecule has 1 unspecified atom stereocenters. The zero-order valence-electron chi connectivity index (χ0n) is 11.5. The number of nitrogens with zero attached hydrogens (tertiary/aromatic N) is 2. The van der Waals surface area contributed by atoms with Crippen LogP contribution in [-0.2, 0) is 12.0 Å². The molecule has 0 saturated carbocycles. The molecule has 104 valence electrons. The van der Waals surface area contributed by atoms with E-state index in [0.717, 1.165) is 22.0 Å². The Hall–Kier alpha value is -1.85. The minimum atomic E-state index is -0.517. The van der Waals surface area contributed by atoms with E-state index in [0.29, 0.717) is 6.42 Å². The van der Waals surface area contributed by atoms with Gasteiger partial charge in [0.05, 0.1) is 12.8 Å². The number of hydrogen-bond acceptors (Lipinski definition) is 4. The van der Waals surface area contributed by atoms with E-state index in [9.17, 15) is 0 Å². The second kappa shape index (κ2) is 4.92. The Morgan fingerprint density at radius 1 is 1.40 bits per heavy atom. The zero-order chi connectivity index (χ0) is 14.2. The van der Waals surface area contributed by atoms with E-state index >= 15 is 0 Å². The first kappa shape index (κ1) is 13.1. The van der Waals surface area contributed by atoms with Gasteiger partial charge in [0.15, 0.2) is 4.96 Å². The van der Waals surface area contributed by atoms with E-state index in [1.165, 1.54) is 0 Å². The summed E-state index contributed by atoms with van der Waals surface area (Å²) in [6, 6.07) is 7.88. The van der Waals surface area contributed by atoms with Crippen molar-refractivity contribution < 1.29 is 4.74 Å². The van der Waals surface area contributed by atoms with Gasteiger partial charge in [-0.05, 0) is 13.0 Å². The Balaban J connectivity index is 1.93. The predicted molar refractivity (Wildman–Crippen MR) is 81.3 cm³/mol. The van der Waals surface area contributed by atoms with Gasteiger partial charge in [-0.15, -0.1) is 11.3 Å². The van der Waals surface area contributed by atoms with Crippen LogP contribution in [0.4, 0.5) is 0 Å². The molecule has 2 heterocycles. The lowest BCUT2D eigenvalue weighted by Gasteiger charge is -2.26. The first-order valence-corrected chi connectivity index (χ1v) is 7.31. The number of ether oxygens (including phenoxy) is 1. The largest absolute Gasteiger partial charge is 0.496 e. The molecule has 4 nitrogen and oxygen atoms in total. The van der Waals surface area contributed by atoms with E-state index in [-0.39, 0.29) is 0 Å². The number of fused-ring (bicyclic) bond motifs is 1. The van der Waals surface area contributed by atoms with Crippen LogP contribution in [0.1, 0.15) is 18.2 Å². The SMILES string of the molecule is COc1ccccc1C(C)(N)Cc1cn2ccsc2n1. The molecule has 3 aromatic rings. The summed E-state index contributed by atoms with van der Waals surface area (Å²) in [7, 11) is 1.67. The van der Waals surface area contributed by atoms with Crippen molar-refractivity contribution in [3.05, 3.63) is 53.3 Å². The lowest BCUT2D eigenvalue weighted by Crippen LogP contribution is -2.36. The van der Waals surface area contributed by atoms with Gasteiger partial charge in [-0.2, -0.15) is 0 Å².